The van der Waals surface area contributed by atoms with E-state index in [4.69, 9.17) is 15.0 Å². The van der Waals surface area contributed by atoms with E-state index in [-0.39, 0.29) is 11.6 Å². The minimum atomic E-state index is -0.378. The minimum absolute atomic E-state index is 0.0978. The lowest BCUT2D eigenvalue weighted by Crippen LogP contribution is -2.35. The lowest BCUT2D eigenvalue weighted by atomic mass is 9.82. The smallest absolute Gasteiger partial charge is 0.169 e. The Kier molecular flexibility index (Phi) is 6.84. The van der Waals surface area contributed by atoms with Crippen molar-refractivity contribution in [2.75, 3.05) is 0 Å². The Morgan fingerprint density at radius 3 is 1.69 bits per heavy atom. The molecule has 2 aliphatic rings. The quantitative estimate of drug-likeness (QED) is 0.206. The molecule has 0 spiro atoms. The van der Waals surface area contributed by atoms with Gasteiger partial charge in [-0.2, -0.15) is 0 Å². The molecule has 0 atom stereocenters. The van der Waals surface area contributed by atoms with Gasteiger partial charge in [0.05, 0.1) is 11.2 Å². The van der Waals surface area contributed by atoms with E-state index in [1.807, 2.05) is 36.4 Å². The number of nitrogens with zero attached hydrogens (tertiary/aromatic N) is 3. The number of amidine groups is 2. The van der Waals surface area contributed by atoms with Crippen molar-refractivity contribution >= 4 is 22.6 Å². The van der Waals surface area contributed by atoms with Crippen molar-refractivity contribution in [1.82, 2.24) is 10.3 Å². The largest absolute Gasteiger partial charge is 0.324 e. The Hall–Kier alpha value is -6.13. The third kappa shape index (κ3) is 5.04. The summed E-state index contributed by atoms with van der Waals surface area (Å²) in [6, 6.07) is 55.5. The van der Waals surface area contributed by atoms with Crippen molar-refractivity contribution in [2.24, 2.45) is 9.98 Å². The number of pyridine rings is 1. The first kappa shape index (κ1) is 29.0. The summed E-state index contributed by atoms with van der Waals surface area (Å²) in [5.41, 5.74) is 13.6. The zero-order valence-electron chi connectivity index (χ0n) is 27.4. The van der Waals surface area contributed by atoms with Crippen LogP contribution in [0.2, 0.25) is 0 Å². The van der Waals surface area contributed by atoms with Gasteiger partial charge in [0.2, 0.25) is 0 Å². The summed E-state index contributed by atoms with van der Waals surface area (Å²) in [6.07, 6.45) is -0.378. The molecule has 0 radical (unpaired) electrons. The first-order valence-corrected chi connectivity index (χ1v) is 16.8. The fourth-order valence-corrected chi connectivity index (χ4v) is 7.34. The second kappa shape index (κ2) is 11.5. The average Bonchev–Trinajstić information content (AvgIpc) is 3.39. The van der Waals surface area contributed by atoms with E-state index < -0.39 is 0 Å². The van der Waals surface area contributed by atoms with Crippen molar-refractivity contribution in [2.45, 2.75) is 25.4 Å². The molecule has 0 unspecified atom stereocenters. The molecule has 49 heavy (non-hydrogen) atoms. The van der Waals surface area contributed by atoms with Crippen LogP contribution in [0.4, 0.5) is 0 Å². The highest BCUT2D eigenvalue weighted by Crippen LogP contribution is 2.50. The molecule has 4 heteroatoms. The van der Waals surface area contributed by atoms with Crippen LogP contribution in [-0.4, -0.2) is 16.7 Å². The van der Waals surface area contributed by atoms with Gasteiger partial charge in [0.25, 0.3) is 0 Å². The van der Waals surface area contributed by atoms with E-state index >= 15 is 0 Å². The van der Waals surface area contributed by atoms with Gasteiger partial charge in [-0.3, -0.25) is 0 Å². The molecule has 0 fully saturated rings. The highest BCUT2D eigenvalue weighted by molar-refractivity contribution is 6.15. The van der Waals surface area contributed by atoms with Gasteiger partial charge >= 0.3 is 0 Å². The number of aromatic nitrogens is 1. The third-order valence-electron chi connectivity index (χ3n) is 9.94. The van der Waals surface area contributed by atoms with Crippen LogP contribution in [0.25, 0.3) is 44.4 Å². The van der Waals surface area contributed by atoms with Crippen molar-refractivity contribution in [1.29, 1.82) is 0 Å². The first-order chi connectivity index (χ1) is 24.0. The Bertz CT molecular complexity index is 2350. The monoisotopic (exact) mass is 630 g/mol. The molecular weight excluding hydrogens is 597 g/mol. The molecule has 9 rings (SSSR count). The van der Waals surface area contributed by atoms with Gasteiger partial charge in [-0.1, -0.05) is 153 Å². The van der Waals surface area contributed by atoms with E-state index in [2.05, 4.69) is 140 Å². The average molecular weight is 631 g/mol. The highest BCUT2D eigenvalue weighted by Gasteiger charge is 2.35. The molecule has 1 aromatic heterocycles. The molecule has 1 aliphatic carbocycles. The molecule has 2 heterocycles. The standard InChI is InChI=1S/C45H34N4/c1-45(2)38-21-13-12-20-34(38)36-26-37-35(27-40(30-14-6-3-7-15-30)46-41(37)28-39(36)45)29-22-24-33(25-23-29)44-48-42(31-16-8-4-9-17-31)47-43(49-44)32-18-10-5-11-19-32/h3-28,44H,1-2H3,(H,47,48,49). The summed E-state index contributed by atoms with van der Waals surface area (Å²) < 4.78 is 0. The summed E-state index contributed by atoms with van der Waals surface area (Å²) in [7, 11) is 0. The maximum atomic E-state index is 5.26. The lowest BCUT2D eigenvalue weighted by Gasteiger charge is -2.23. The van der Waals surface area contributed by atoms with Crippen LogP contribution in [0.3, 0.4) is 0 Å². The highest BCUT2D eigenvalue weighted by atomic mass is 15.2. The number of fused-ring (bicyclic) bond motifs is 4. The van der Waals surface area contributed by atoms with Gasteiger partial charge in [0.1, 0.15) is 11.7 Å². The van der Waals surface area contributed by atoms with Gasteiger partial charge in [-0.25, -0.2) is 15.0 Å². The molecule has 7 aromatic rings. The molecule has 0 amide bonds. The molecule has 234 valence electrons. The number of rotatable bonds is 5. The second-order valence-electron chi connectivity index (χ2n) is 13.3. The molecule has 1 N–H and O–H groups in total. The maximum absolute atomic E-state index is 5.26. The summed E-state index contributed by atoms with van der Waals surface area (Å²) in [4.78, 5) is 15.4. The summed E-state index contributed by atoms with van der Waals surface area (Å²) in [5.74, 6) is 1.63. The number of nitrogens with one attached hydrogen (secondary N) is 1. The van der Waals surface area contributed by atoms with E-state index in [0.717, 1.165) is 61.6 Å². The van der Waals surface area contributed by atoms with Crippen LogP contribution in [0.15, 0.2) is 168 Å². The maximum Gasteiger partial charge on any atom is 0.169 e. The van der Waals surface area contributed by atoms with Crippen LogP contribution in [0.1, 0.15) is 47.8 Å². The number of benzene rings is 6. The fourth-order valence-electron chi connectivity index (χ4n) is 7.34. The van der Waals surface area contributed by atoms with Gasteiger partial charge in [0.15, 0.2) is 6.17 Å². The molecule has 1 aliphatic heterocycles. The minimum Gasteiger partial charge on any atom is -0.324 e. The molecular formula is C45H34N4. The van der Waals surface area contributed by atoms with Crippen molar-refractivity contribution in [3.63, 3.8) is 0 Å². The summed E-state index contributed by atoms with van der Waals surface area (Å²) in [6.45, 7) is 4.64. The Balaban J connectivity index is 1.18. The lowest BCUT2D eigenvalue weighted by molar-refractivity contribution is 0.661. The van der Waals surface area contributed by atoms with E-state index in [1.54, 1.807) is 0 Å². The van der Waals surface area contributed by atoms with Crippen molar-refractivity contribution in [3.05, 3.63) is 186 Å². The fraction of sp³-hybridized carbons (Fsp3) is 0.0889. The summed E-state index contributed by atoms with van der Waals surface area (Å²) >= 11 is 0. The zero-order chi connectivity index (χ0) is 33.0. The van der Waals surface area contributed by atoms with Crippen LogP contribution in [-0.2, 0) is 5.41 Å². The van der Waals surface area contributed by atoms with Gasteiger partial charge in [-0.15, -0.1) is 0 Å². The van der Waals surface area contributed by atoms with Crippen LogP contribution < -0.4 is 5.32 Å². The number of hydrogen-bond acceptors (Lipinski definition) is 4. The SMILES string of the molecule is CC1(C)c2ccccc2-c2cc3c(-c4ccc(C5N=C(c6ccccc6)NC(c6ccccc6)=N5)cc4)cc(-c4ccccc4)nc3cc21. The van der Waals surface area contributed by atoms with Crippen molar-refractivity contribution in [3.8, 4) is 33.5 Å². The Morgan fingerprint density at radius 1 is 0.490 bits per heavy atom. The summed E-state index contributed by atoms with van der Waals surface area (Å²) in [5, 5.41) is 4.64. The van der Waals surface area contributed by atoms with Crippen LogP contribution >= 0.6 is 0 Å². The number of aliphatic imine (C=N–C) groups is 2. The normalized spacial score (nSPS) is 14.8. The third-order valence-corrected chi connectivity index (χ3v) is 9.94. The zero-order valence-corrected chi connectivity index (χ0v) is 27.4. The molecule has 0 saturated heterocycles. The predicted octanol–water partition coefficient (Wildman–Crippen LogP) is 10.4. The van der Waals surface area contributed by atoms with E-state index in [1.165, 1.54) is 22.3 Å². The first-order valence-electron chi connectivity index (χ1n) is 16.8. The van der Waals surface area contributed by atoms with Gasteiger partial charge in [0, 0.05) is 27.5 Å². The van der Waals surface area contributed by atoms with Gasteiger partial charge in [-0.05, 0) is 57.1 Å². The van der Waals surface area contributed by atoms with Gasteiger partial charge < -0.3 is 5.32 Å². The van der Waals surface area contributed by atoms with E-state index in [0.29, 0.717) is 0 Å². The second-order valence-corrected chi connectivity index (χ2v) is 13.3. The van der Waals surface area contributed by atoms with Crippen LogP contribution in [0, 0.1) is 0 Å². The Morgan fingerprint density at radius 2 is 1.06 bits per heavy atom. The van der Waals surface area contributed by atoms with Crippen LogP contribution in [0.5, 0.6) is 0 Å². The molecule has 0 saturated carbocycles. The van der Waals surface area contributed by atoms with Crippen molar-refractivity contribution < 1.29 is 0 Å². The number of hydrogen-bond donors (Lipinski definition) is 1. The van der Waals surface area contributed by atoms with E-state index in [9.17, 15) is 0 Å². The topological polar surface area (TPSA) is 49.6 Å². The molecule has 4 nitrogen and oxygen atoms in total. The molecule has 0 bridgehead atoms. The Labute approximate surface area is 286 Å². The molecule has 6 aromatic carbocycles. The predicted molar refractivity (Wildman–Crippen MR) is 202 cm³/mol.